The number of hydrogen-bond acceptors (Lipinski definition) is 1. The zero-order valence-electron chi connectivity index (χ0n) is 6.73. The van der Waals surface area contributed by atoms with Gasteiger partial charge in [-0.05, 0) is 38.0 Å². The molecule has 1 saturated heterocycles. The Bertz CT molecular complexity index is 125. The van der Waals surface area contributed by atoms with Crippen LogP contribution in [0.1, 0.15) is 39.0 Å². The molecular weight excluding hydrogens is 124 g/mol. The van der Waals surface area contributed by atoms with Crippen LogP contribution >= 0.6 is 0 Å². The molecule has 1 spiro atoms. The molecule has 1 aliphatic carbocycles. The summed E-state index contributed by atoms with van der Waals surface area (Å²) in [4.78, 5) is 0. The molecule has 58 valence electrons. The second kappa shape index (κ2) is 2.23. The van der Waals surface area contributed by atoms with Crippen molar-refractivity contribution in [1.29, 1.82) is 0 Å². The maximum absolute atomic E-state index is 5.77. The normalized spacial score (nSPS) is 47.1. The van der Waals surface area contributed by atoms with Crippen LogP contribution < -0.4 is 0 Å². The van der Waals surface area contributed by atoms with E-state index >= 15 is 0 Å². The average Bonchev–Trinajstić information content (AvgIpc) is 2.46. The van der Waals surface area contributed by atoms with Gasteiger partial charge in [-0.15, -0.1) is 0 Å². The first-order valence-electron chi connectivity index (χ1n) is 4.45. The van der Waals surface area contributed by atoms with Gasteiger partial charge in [0.25, 0.3) is 0 Å². The van der Waals surface area contributed by atoms with Crippen molar-refractivity contribution in [2.75, 3.05) is 6.61 Å². The van der Waals surface area contributed by atoms with Crippen molar-refractivity contribution in [3.8, 4) is 0 Å². The zero-order chi connectivity index (χ0) is 7.03. The number of hydrogen-bond donors (Lipinski definition) is 0. The predicted molar refractivity (Wildman–Crippen MR) is 40.9 cm³/mol. The summed E-state index contributed by atoms with van der Waals surface area (Å²) in [6.07, 6.45) is 6.67. The minimum absolute atomic E-state index is 0.361. The first-order valence-corrected chi connectivity index (χ1v) is 4.45. The molecule has 0 aromatic heterocycles. The first-order chi connectivity index (χ1) is 4.81. The lowest BCUT2D eigenvalue weighted by atomic mass is 9.97. The monoisotopic (exact) mass is 140 g/mol. The second-order valence-electron chi connectivity index (χ2n) is 3.98. The van der Waals surface area contributed by atoms with Gasteiger partial charge in [0.05, 0.1) is 5.60 Å². The van der Waals surface area contributed by atoms with Gasteiger partial charge in [0.2, 0.25) is 0 Å². The molecule has 2 fully saturated rings. The molecule has 0 amide bonds. The van der Waals surface area contributed by atoms with Gasteiger partial charge >= 0.3 is 0 Å². The van der Waals surface area contributed by atoms with Gasteiger partial charge in [-0.2, -0.15) is 0 Å². The van der Waals surface area contributed by atoms with E-state index in [0.717, 1.165) is 12.5 Å². The SMILES string of the molecule is CC1CC[C@@]2(CCCO2)C1. The Labute approximate surface area is 62.8 Å². The lowest BCUT2D eigenvalue weighted by Gasteiger charge is -2.21. The molecule has 2 atom stereocenters. The van der Waals surface area contributed by atoms with E-state index in [9.17, 15) is 0 Å². The maximum atomic E-state index is 5.77. The Morgan fingerprint density at radius 2 is 2.30 bits per heavy atom. The molecule has 0 bridgehead atoms. The summed E-state index contributed by atoms with van der Waals surface area (Å²) < 4.78 is 5.77. The Morgan fingerprint density at radius 1 is 1.40 bits per heavy atom. The number of ether oxygens (including phenoxy) is 1. The molecule has 1 heteroatoms. The van der Waals surface area contributed by atoms with Gasteiger partial charge in [-0.1, -0.05) is 6.92 Å². The third-order valence-electron chi connectivity index (χ3n) is 3.00. The minimum Gasteiger partial charge on any atom is -0.375 e. The summed E-state index contributed by atoms with van der Waals surface area (Å²) in [5, 5.41) is 0. The smallest absolute Gasteiger partial charge is 0.0686 e. The molecule has 1 heterocycles. The molecule has 0 aromatic carbocycles. The predicted octanol–water partition coefficient (Wildman–Crippen LogP) is 2.36. The van der Waals surface area contributed by atoms with Crippen LogP contribution in [0.3, 0.4) is 0 Å². The Kier molecular flexibility index (Phi) is 1.48. The van der Waals surface area contributed by atoms with Crippen molar-refractivity contribution in [3.05, 3.63) is 0 Å². The van der Waals surface area contributed by atoms with Gasteiger partial charge < -0.3 is 4.74 Å². The highest BCUT2D eigenvalue weighted by Crippen LogP contribution is 2.43. The molecule has 1 aliphatic heterocycles. The van der Waals surface area contributed by atoms with E-state index < -0.39 is 0 Å². The van der Waals surface area contributed by atoms with Crippen molar-refractivity contribution in [1.82, 2.24) is 0 Å². The molecule has 0 N–H and O–H groups in total. The van der Waals surface area contributed by atoms with Gasteiger partial charge in [0.1, 0.15) is 0 Å². The van der Waals surface area contributed by atoms with Crippen molar-refractivity contribution in [2.45, 2.75) is 44.6 Å². The molecule has 0 radical (unpaired) electrons. The van der Waals surface area contributed by atoms with E-state index in [2.05, 4.69) is 6.92 Å². The lowest BCUT2D eigenvalue weighted by molar-refractivity contribution is 0.00775. The van der Waals surface area contributed by atoms with Crippen LogP contribution in [-0.2, 0) is 4.74 Å². The van der Waals surface area contributed by atoms with Crippen molar-refractivity contribution in [3.63, 3.8) is 0 Å². The summed E-state index contributed by atoms with van der Waals surface area (Å²) in [5.41, 5.74) is 0.361. The Hall–Kier alpha value is -0.0400. The van der Waals surface area contributed by atoms with Gasteiger partial charge in [-0.25, -0.2) is 0 Å². The highest BCUT2D eigenvalue weighted by atomic mass is 16.5. The van der Waals surface area contributed by atoms with Crippen LogP contribution in [0.25, 0.3) is 0 Å². The molecule has 2 aliphatic rings. The molecule has 10 heavy (non-hydrogen) atoms. The van der Waals surface area contributed by atoms with Crippen molar-refractivity contribution >= 4 is 0 Å². The van der Waals surface area contributed by atoms with E-state index in [0.29, 0.717) is 5.60 Å². The van der Waals surface area contributed by atoms with E-state index in [1.807, 2.05) is 0 Å². The van der Waals surface area contributed by atoms with Crippen molar-refractivity contribution in [2.24, 2.45) is 5.92 Å². The first kappa shape index (κ1) is 6.66. The Balaban J connectivity index is 2.03. The van der Waals surface area contributed by atoms with Crippen LogP contribution in [-0.4, -0.2) is 12.2 Å². The fraction of sp³-hybridized carbons (Fsp3) is 1.00. The maximum Gasteiger partial charge on any atom is 0.0686 e. The molecule has 1 unspecified atom stereocenters. The third-order valence-corrected chi connectivity index (χ3v) is 3.00. The van der Waals surface area contributed by atoms with E-state index in [1.165, 1.54) is 32.1 Å². The van der Waals surface area contributed by atoms with E-state index in [-0.39, 0.29) is 0 Å². The molecular formula is C9H16O. The fourth-order valence-corrected chi connectivity index (χ4v) is 2.46. The van der Waals surface area contributed by atoms with Gasteiger partial charge in [-0.3, -0.25) is 0 Å². The lowest BCUT2D eigenvalue weighted by Crippen LogP contribution is -2.22. The summed E-state index contributed by atoms with van der Waals surface area (Å²) in [6, 6.07) is 0. The standard InChI is InChI=1S/C9H16O/c1-8-3-5-9(7-8)4-2-6-10-9/h8H,2-7H2,1H3/t8?,9-/m0/s1. The summed E-state index contributed by atoms with van der Waals surface area (Å²) >= 11 is 0. The minimum atomic E-state index is 0.361. The van der Waals surface area contributed by atoms with E-state index in [4.69, 9.17) is 4.74 Å². The molecule has 1 nitrogen and oxygen atoms in total. The summed E-state index contributed by atoms with van der Waals surface area (Å²) in [7, 11) is 0. The third kappa shape index (κ3) is 0.968. The highest BCUT2D eigenvalue weighted by Gasteiger charge is 2.40. The Morgan fingerprint density at radius 3 is 2.80 bits per heavy atom. The molecule has 0 aromatic rings. The van der Waals surface area contributed by atoms with Crippen LogP contribution in [0, 0.1) is 5.92 Å². The van der Waals surface area contributed by atoms with Crippen LogP contribution in [0.2, 0.25) is 0 Å². The average molecular weight is 140 g/mol. The topological polar surface area (TPSA) is 9.23 Å². The molecule has 2 rings (SSSR count). The number of rotatable bonds is 0. The molecule has 1 saturated carbocycles. The highest BCUT2D eigenvalue weighted by molar-refractivity contribution is 4.92. The van der Waals surface area contributed by atoms with Crippen molar-refractivity contribution < 1.29 is 4.74 Å². The van der Waals surface area contributed by atoms with Gasteiger partial charge in [0.15, 0.2) is 0 Å². The quantitative estimate of drug-likeness (QED) is 0.502. The van der Waals surface area contributed by atoms with Crippen LogP contribution in [0.15, 0.2) is 0 Å². The van der Waals surface area contributed by atoms with Gasteiger partial charge in [0, 0.05) is 6.61 Å². The summed E-state index contributed by atoms with van der Waals surface area (Å²) in [6.45, 7) is 3.36. The largest absolute Gasteiger partial charge is 0.375 e. The summed E-state index contributed by atoms with van der Waals surface area (Å²) in [5.74, 6) is 0.915. The van der Waals surface area contributed by atoms with Crippen LogP contribution in [0.5, 0.6) is 0 Å². The second-order valence-corrected chi connectivity index (χ2v) is 3.98. The fourth-order valence-electron chi connectivity index (χ4n) is 2.46. The zero-order valence-corrected chi connectivity index (χ0v) is 6.73. The van der Waals surface area contributed by atoms with E-state index in [1.54, 1.807) is 0 Å². The van der Waals surface area contributed by atoms with Crippen LogP contribution in [0.4, 0.5) is 0 Å².